The van der Waals surface area contributed by atoms with Crippen LogP contribution in [-0.4, -0.2) is 18.0 Å². The fourth-order valence-corrected chi connectivity index (χ4v) is 1.93. The van der Waals surface area contributed by atoms with Gasteiger partial charge in [0.2, 0.25) is 5.90 Å². The molecule has 1 aromatic rings. The summed E-state index contributed by atoms with van der Waals surface area (Å²) >= 11 is 0. The van der Waals surface area contributed by atoms with Crippen molar-refractivity contribution in [3.63, 3.8) is 0 Å². The second-order valence-corrected chi connectivity index (χ2v) is 4.37. The summed E-state index contributed by atoms with van der Waals surface area (Å²) in [5, 5.41) is 0. The fraction of sp³-hybridized carbons (Fsp3) is 0.462. The van der Waals surface area contributed by atoms with E-state index in [1.807, 2.05) is 30.3 Å². The molecule has 1 heterocycles. The minimum absolute atomic E-state index is 0.222. The smallest absolute Gasteiger partial charge is 0.216 e. The molecule has 0 saturated carbocycles. The summed E-state index contributed by atoms with van der Waals surface area (Å²) in [6.45, 7) is 6.45. The van der Waals surface area contributed by atoms with E-state index >= 15 is 0 Å². The van der Waals surface area contributed by atoms with Gasteiger partial charge in [0.25, 0.3) is 0 Å². The topological polar surface area (TPSA) is 21.6 Å². The lowest BCUT2D eigenvalue weighted by molar-refractivity contribution is 0.146. The van der Waals surface area contributed by atoms with Gasteiger partial charge in [-0.1, -0.05) is 32.0 Å². The van der Waals surface area contributed by atoms with Gasteiger partial charge in [-0.2, -0.15) is 0 Å². The van der Waals surface area contributed by atoms with E-state index in [4.69, 9.17) is 4.74 Å². The lowest BCUT2D eigenvalue weighted by Crippen LogP contribution is -2.25. The SMILES string of the molecule is CC(C)[C@@H]1OC(c2ccccc2)=N[C@H]1C. The Morgan fingerprint density at radius 3 is 2.40 bits per heavy atom. The summed E-state index contributed by atoms with van der Waals surface area (Å²) in [6, 6.07) is 10.4. The van der Waals surface area contributed by atoms with E-state index in [2.05, 4.69) is 25.8 Å². The van der Waals surface area contributed by atoms with Crippen LogP contribution in [0.3, 0.4) is 0 Å². The number of nitrogens with zero attached hydrogens (tertiary/aromatic N) is 1. The second kappa shape index (κ2) is 4.05. The van der Waals surface area contributed by atoms with Crippen molar-refractivity contribution in [1.29, 1.82) is 0 Å². The third-order valence-corrected chi connectivity index (χ3v) is 2.72. The minimum atomic E-state index is 0.222. The van der Waals surface area contributed by atoms with E-state index in [0.717, 1.165) is 11.5 Å². The number of benzene rings is 1. The molecule has 0 aliphatic carbocycles. The van der Waals surface area contributed by atoms with Crippen molar-refractivity contribution in [2.45, 2.75) is 32.9 Å². The molecule has 80 valence electrons. The zero-order valence-electron chi connectivity index (χ0n) is 9.47. The van der Waals surface area contributed by atoms with Gasteiger partial charge in [-0.3, -0.25) is 0 Å². The van der Waals surface area contributed by atoms with Crippen molar-refractivity contribution in [2.75, 3.05) is 0 Å². The molecular weight excluding hydrogens is 186 g/mol. The molecule has 2 atom stereocenters. The highest BCUT2D eigenvalue weighted by Gasteiger charge is 2.30. The van der Waals surface area contributed by atoms with E-state index in [0.29, 0.717) is 5.92 Å². The fourth-order valence-electron chi connectivity index (χ4n) is 1.93. The third-order valence-electron chi connectivity index (χ3n) is 2.72. The molecule has 2 rings (SSSR count). The molecule has 15 heavy (non-hydrogen) atoms. The van der Waals surface area contributed by atoms with Gasteiger partial charge < -0.3 is 4.74 Å². The molecule has 0 amide bonds. The summed E-state index contributed by atoms with van der Waals surface area (Å²) in [6.07, 6.45) is 0.222. The predicted molar refractivity (Wildman–Crippen MR) is 62.2 cm³/mol. The molecule has 0 fully saturated rings. The van der Waals surface area contributed by atoms with Gasteiger partial charge in [-0.05, 0) is 25.0 Å². The number of ether oxygens (including phenoxy) is 1. The Morgan fingerprint density at radius 2 is 1.87 bits per heavy atom. The Morgan fingerprint density at radius 1 is 1.20 bits per heavy atom. The summed E-state index contributed by atoms with van der Waals surface area (Å²) in [7, 11) is 0. The minimum Gasteiger partial charge on any atom is -0.472 e. The molecule has 0 bridgehead atoms. The van der Waals surface area contributed by atoms with Crippen LogP contribution >= 0.6 is 0 Å². The first kappa shape index (κ1) is 10.2. The highest BCUT2D eigenvalue weighted by atomic mass is 16.5. The molecular formula is C13H17NO. The van der Waals surface area contributed by atoms with Crippen molar-refractivity contribution in [1.82, 2.24) is 0 Å². The van der Waals surface area contributed by atoms with Crippen LogP contribution in [0.2, 0.25) is 0 Å². The molecule has 0 radical (unpaired) electrons. The Bertz CT molecular complexity index is 356. The highest BCUT2D eigenvalue weighted by molar-refractivity contribution is 5.95. The van der Waals surface area contributed by atoms with Crippen LogP contribution in [0, 0.1) is 5.92 Å². The lowest BCUT2D eigenvalue weighted by Gasteiger charge is -2.18. The van der Waals surface area contributed by atoms with Crippen molar-refractivity contribution < 1.29 is 4.74 Å². The van der Waals surface area contributed by atoms with Crippen molar-refractivity contribution in [3.8, 4) is 0 Å². The Balaban J connectivity index is 2.18. The van der Waals surface area contributed by atoms with Gasteiger partial charge in [0, 0.05) is 5.56 Å². The maximum atomic E-state index is 5.87. The van der Waals surface area contributed by atoms with Crippen molar-refractivity contribution in [2.24, 2.45) is 10.9 Å². The van der Waals surface area contributed by atoms with Crippen molar-refractivity contribution in [3.05, 3.63) is 35.9 Å². The average molecular weight is 203 g/mol. The summed E-state index contributed by atoms with van der Waals surface area (Å²) in [5.41, 5.74) is 1.08. The maximum Gasteiger partial charge on any atom is 0.216 e. The van der Waals surface area contributed by atoms with Crippen LogP contribution in [0.15, 0.2) is 35.3 Å². The summed E-state index contributed by atoms with van der Waals surface area (Å²) in [4.78, 5) is 4.56. The van der Waals surface area contributed by atoms with Crippen LogP contribution in [0.1, 0.15) is 26.3 Å². The largest absolute Gasteiger partial charge is 0.472 e. The molecule has 0 aromatic heterocycles. The third kappa shape index (κ3) is 2.04. The maximum absolute atomic E-state index is 5.87. The molecule has 2 heteroatoms. The molecule has 1 aromatic carbocycles. The molecule has 0 spiro atoms. The standard InChI is InChI=1S/C13H17NO/c1-9(2)12-10(3)14-13(15-12)11-7-5-4-6-8-11/h4-10,12H,1-3H3/t10-,12-/m0/s1. The molecule has 1 aliphatic heterocycles. The zero-order chi connectivity index (χ0) is 10.8. The Kier molecular flexibility index (Phi) is 2.76. The van der Waals surface area contributed by atoms with Crippen LogP contribution in [0.5, 0.6) is 0 Å². The zero-order valence-corrected chi connectivity index (χ0v) is 9.47. The van der Waals surface area contributed by atoms with Crippen molar-refractivity contribution >= 4 is 5.90 Å². The second-order valence-electron chi connectivity index (χ2n) is 4.37. The van der Waals surface area contributed by atoms with Gasteiger partial charge in [0.1, 0.15) is 6.10 Å². The molecule has 2 nitrogen and oxygen atoms in total. The first-order valence-electron chi connectivity index (χ1n) is 5.48. The van der Waals surface area contributed by atoms with Gasteiger partial charge in [0.15, 0.2) is 0 Å². The molecule has 0 saturated heterocycles. The van der Waals surface area contributed by atoms with E-state index in [-0.39, 0.29) is 12.1 Å². The Hall–Kier alpha value is -1.31. The quantitative estimate of drug-likeness (QED) is 0.724. The van der Waals surface area contributed by atoms with Gasteiger partial charge >= 0.3 is 0 Å². The number of rotatable bonds is 2. The van der Waals surface area contributed by atoms with E-state index in [1.165, 1.54) is 0 Å². The van der Waals surface area contributed by atoms with Crippen LogP contribution in [0.25, 0.3) is 0 Å². The monoisotopic (exact) mass is 203 g/mol. The summed E-state index contributed by atoms with van der Waals surface area (Å²) < 4.78 is 5.87. The molecule has 0 N–H and O–H groups in total. The van der Waals surface area contributed by atoms with Crippen LogP contribution in [-0.2, 0) is 4.74 Å². The van der Waals surface area contributed by atoms with Gasteiger partial charge in [-0.15, -0.1) is 0 Å². The highest BCUT2D eigenvalue weighted by Crippen LogP contribution is 2.23. The number of hydrogen-bond acceptors (Lipinski definition) is 2. The number of aliphatic imine (C=N–C) groups is 1. The number of hydrogen-bond donors (Lipinski definition) is 0. The summed E-state index contributed by atoms with van der Waals surface area (Å²) in [5.74, 6) is 1.30. The lowest BCUT2D eigenvalue weighted by atomic mass is 10.0. The van der Waals surface area contributed by atoms with E-state index < -0.39 is 0 Å². The van der Waals surface area contributed by atoms with Crippen LogP contribution < -0.4 is 0 Å². The normalized spacial score (nSPS) is 25.2. The molecule has 1 aliphatic rings. The van der Waals surface area contributed by atoms with Gasteiger partial charge in [-0.25, -0.2) is 4.99 Å². The average Bonchev–Trinajstić information content (AvgIpc) is 2.62. The van der Waals surface area contributed by atoms with Gasteiger partial charge in [0.05, 0.1) is 6.04 Å². The van der Waals surface area contributed by atoms with E-state index in [1.54, 1.807) is 0 Å². The Labute approximate surface area is 91.0 Å². The predicted octanol–water partition coefficient (Wildman–Crippen LogP) is 2.88. The van der Waals surface area contributed by atoms with Crippen LogP contribution in [0.4, 0.5) is 0 Å². The first-order valence-corrected chi connectivity index (χ1v) is 5.48. The molecule has 0 unspecified atom stereocenters. The first-order chi connectivity index (χ1) is 7.18. The van der Waals surface area contributed by atoms with E-state index in [9.17, 15) is 0 Å².